The number of rotatable bonds is 3. The summed E-state index contributed by atoms with van der Waals surface area (Å²) >= 11 is 3.29. The zero-order valence-electron chi connectivity index (χ0n) is 11.1. The predicted molar refractivity (Wildman–Crippen MR) is 80.3 cm³/mol. The molecular formula is C14H9BrN4O3. The van der Waals surface area contributed by atoms with Crippen LogP contribution in [-0.4, -0.2) is 25.3 Å². The van der Waals surface area contributed by atoms with E-state index in [9.17, 15) is 9.59 Å². The summed E-state index contributed by atoms with van der Waals surface area (Å²) in [6.45, 7) is -0.114. The number of halogens is 1. The molecule has 7 nitrogen and oxygen atoms in total. The van der Waals surface area contributed by atoms with Crippen LogP contribution >= 0.6 is 15.9 Å². The van der Waals surface area contributed by atoms with Gasteiger partial charge in [0, 0.05) is 29.1 Å². The minimum Gasteiger partial charge on any atom is -0.454 e. The van der Waals surface area contributed by atoms with Crippen molar-refractivity contribution in [2.45, 2.75) is 6.61 Å². The number of carbonyl (C=O) groups excluding carboxylic acids is 1. The summed E-state index contributed by atoms with van der Waals surface area (Å²) in [5.41, 5.74) is 0.687. The van der Waals surface area contributed by atoms with Gasteiger partial charge in [0.05, 0.1) is 11.9 Å². The van der Waals surface area contributed by atoms with Crippen LogP contribution in [0.15, 0.2) is 52.3 Å². The van der Waals surface area contributed by atoms with E-state index in [1.807, 2.05) is 0 Å². The minimum absolute atomic E-state index is 0.101. The highest BCUT2D eigenvalue weighted by Crippen LogP contribution is 2.10. The molecule has 0 fully saturated rings. The first-order chi connectivity index (χ1) is 10.6. The molecule has 3 aromatic heterocycles. The molecule has 110 valence electrons. The first-order valence-electron chi connectivity index (χ1n) is 6.24. The molecular weight excluding hydrogens is 352 g/mol. The van der Waals surface area contributed by atoms with Gasteiger partial charge in [-0.25, -0.2) is 14.8 Å². The van der Waals surface area contributed by atoms with Crippen LogP contribution in [0.1, 0.15) is 16.2 Å². The Labute approximate surface area is 132 Å². The van der Waals surface area contributed by atoms with Crippen LogP contribution in [0, 0.1) is 0 Å². The van der Waals surface area contributed by atoms with Crippen LogP contribution in [0.25, 0.3) is 5.65 Å². The Bertz CT molecular complexity index is 895. The van der Waals surface area contributed by atoms with E-state index in [2.05, 4.69) is 30.9 Å². The smallest absolute Gasteiger partial charge is 0.358 e. The van der Waals surface area contributed by atoms with Gasteiger partial charge in [0.15, 0.2) is 5.69 Å². The summed E-state index contributed by atoms with van der Waals surface area (Å²) in [4.78, 5) is 35.7. The maximum absolute atomic E-state index is 12.0. The average Bonchev–Trinajstić information content (AvgIpc) is 2.54. The molecule has 0 amide bonds. The van der Waals surface area contributed by atoms with Crippen molar-refractivity contribution in [1.82, 2.24) is 19.4 Å². The molecule has 0 bridgehead atoms. The summed E-state index contributed by atoms with van der Waals surface area (Å²) in [6, 6.07) is 4.79. The Morgan fingerprint density at radius 3 is 2.95 bits per heavy atom. The van der Waals surface area contributed by atoms with E-state index in [1.54, 1.807) is 18.3 Å². The number of fused-ring (bicyclic) bond motifs is 1. The largest absolute Gasteiger partial charge is 0.454 e. The summed E-state index contributed by atoms with van der Waals surface area (Å²) in [7, 11) is 0. The molecule has 0 aliphatic carbocycles. The van der Waals surface area contributed by atoms with E-state index in [0.717, 1.165) is 4.47 Å². The third kappa shape index (κ3) is 3.01. The maximum atomic E-state index is 12.0. The average molecular weight is 361 g/mol. The molecule has 0 aliphatic rings. The number of carbonyl (C=O) groups is 1. The lowest BCUT2D eigenvalue weighted by atomic mass is 10.4. The van der Waals surface area contributed by atoms with Crippen LogP contribution in [0.2, 0.25) is 0 Å². The van der Waals surface area contributed by atoms with Gasteiger partial charge < -0.3 is 4.74 Å². The molecule has 0 radical (unpaired) electrons. The Morgan fingerprint density at radius 2 is 2.18 bits per heavy atom. The van der Waals surface area contributed by atoms with Gasteiger partial charge in [0.25, 0.3) is 5.56 Å². The summed E-state index contributed by atoms with van der Waals surface area (Å²) in [5, 5.41) is 0. The fourth-order valence-electron chi connectivity index (χ4n) is 1.82. The number of pyridine rings is 1. The van der Waals surface area contributed by atoms with Crippen molar-refractivity contribution >= 4 is 27.5 Å². The summed E-state index contributed by atoms with van der Waals surface area (Å²) in [6.07, 6.45) is 5.79. The molecule has 8 heteroatoms. The van der Waals surface area contributed by atoms with Gasteiger partial charge >= 0.3 is 5.97 Å². The number of ether oxygens (including phenoxy) is 1. The predicted octanol–water partition coefficient (Wildman–Crippen LogP) is 1.60. The van der Waals surface area contributed by atoms with E-state index in [1.165, 1.54) is 29.1 Å². The van der Waals surface area contributed by atoms with Gasteiger partial charge in [-0.1, -0.05) is 0 Å². The van der Waals surface area contributed by atoms with Gasteiger partial charge in [-0.15, -0.1) is 0 Å². The topological polar surface area (TPSA) is 86.5 Å². The van der Waals surface area contributed by atoms with E-state index in [4.69, 9.17) is 4.74 Å². The first kappa shape index (κ1) is 14.3. The second-order valence-corrected chi connectivity index (χ2v) is 5.24. The van der Waals surface area contributed by atoms with Crippen molar-refractivity contribution in [2.75, 3.05) is 0 Å². The highest BCUT2D eigenvalue weighted by Gasteiger charge is 2.10. The molecule has 0 atom stereocenters. The highest BCUT2D eigenvalue weighted by atomic mass is 79.9. The number of esters is 1. The van der Waals surface area contributed by atoms with E-state index in [-0.39, 0.29) is 17.9 Å². The molecule has 0 unspecified atom stereocenters. The summed E-state index contributed by atoms with van der Waals surface area (Å²) in [5.74, 6) is -0.620. The molecule has 3 rings (SSSR count). The number of hydrogen-bond acceptors (Lipinski definition) is 6. The standard InChI is InChI=1S/C14H9BrN4O3/c15-9-1-2-12-18-10(5-13(20)19(12)7-9)8-22-14(21)11-6-16-3-4-17-11/h1-7H,8H2. The Balaban J connectivity index is 1.81. The van der Waals surface area contributed by atoms with Crippen molar-refractivity contribution in [3.8, 4) is 0 Å². The van der Waals surface area contributed by atoms with Crippen molar-refractivity contribution in [3.05, 3.63) is 69.2 Å². The molecule has 0 saturated heterocycles. The van der Waals surface area contributed by atoms with E-state index >= 15 is 0 Å². The lowest BCUT2D eigenvalue weighted by Crippen LogP contribution is -2.17. The molecule has 0 spiro atoms. The SMILES string of the molecule is O=C(OCc1cc(=O)n2cc(Br)ccc2n1)c1cnccn1. The Morgan fingerprint density at radius 1 is 1.32 bits per heavy atom. The minimum atomic E-state index is -0.620. The van der Waals surface area contributed by atoms with Gasteiger partial charge in [0.2, 0.25) is 0 Å². The molecule has 0 N–H and O–H groups in total. The van der Waals surface area contributed by atoms with Crippen LogP contribution in [-0.2, 0) is 11.3 Å². The number of aromatic nitrogens is 4. The second-order valence-electron chi connectivity index (χ2n) is 4.33. The molecule has 3 aromatic rings. The lowest BCUT2D eigenvalue weighted by Gasteiger charge is -2.05. The lowest BCUT2D eigenvalue weighted by molar-refractivity contribution is 0.0460. The Kier molecular flexibility index (Phi) is 3.92. The fraction of sp³-hybridized carbons (Fsp3) is 0.0714. The number of nitrogens with zero attached hydrogens (tertiary/aromatic N) is 4. The van der Waals surface area contributed by atoms with Gasteiger partial charge in [0.1, 0.15) is 12.3 Å². The highest BCUT2D eigenvalue weighted by molar-refractivity contribution is 9.10. The zero-order chi connectivity index (χ0) is 15.5. The van der Waals surface area contributed by atoms with Crippen LogP contribution in [0.3, 0.4) is 0 Å². The molecule has 0 aromatic carbocycles. The summed E-state index contributed by atoms with van der Waals surface area (Å²) < 4.78 is 7.25. The van der Waals surface area contributed by atoms with Gasteiger partial charge in [-0.3, -0.25) is 14.2 Å². The van der Waals surface area contributed by atoms with Gasteiger partial charge in [-0.05, 0) is 28.1 Å². The first-order valence-corrected chi connectivity index (χ1v) is 7.04. The van der Waals surface area contributed by atoms with Gasteiger partial charge in [-0.2, -0.15) is 0 Å². The molecule has 0 saturated carbocycles. The number of hydrogen-bond donors (Lipinski definition) is 0. The van der Waals surface area contributed by atoms with Crippen molar-refractivity contribution in [1.29, 1.82) is 0 Å². The third-order valence-electron chi connectivity index (χ3n) is 2.80. The quantitative estimate of drug-likeness (QED) is 0.659. The molecule has 3 heterocycles. The zero-order valence-corrected chi connectivity index (χ0v) is 12.7. The second kappa shape index (κ2) is 6.02. The van der Waals surface area contributed by atoms with E-state index in [0.29, 0.717) is 11.3 Å². The van der Waals surface area contributed by atoms with Crippen LogP contribution in [0.5, 0.6) is 0 Å². The van der Waals surface area contributed by atoms with Crippen LogP contribution < -0.4 is 5.56 Å². The normalized spacial score (nSPS) is 10.6. The van der Waals surface area contributed by atoms with E-state index < -0.39 is 5.97 Å². The van der Waals surface area contributed by atoms with Crippen molar-refractivity contribution in [2.24, 2.45) is 0 Å². The molecule has 22 heavy (non-hydrogen) atoms. The molecule has 0 aliphatic heterocycles. The maximum Gasteiger partial charge on any atom is 0.358 e. The monoisotopic (exact) mass is 360 g/mol. The third-order valence-corrected chi connectivity index (χ3v) is 3.27. The van der Waals surface area contributed by atoms with Crippen molar-refractivity contribution < 1.29 is 9.53 Å². The van der Waals surface area contributed by atoms with Crippen molar-refractivity contribution in [3.63, 3.8) is 0 Å². The fourth-order valence-corrected chi connectivity index (χ4v) is 2.15. The van der Waals surface area contributed by atoms with Crippen LogP contribution in [0.4, 0.5) is 0 Å². The Hall–Kier alpha value is -2.61.